The van der Waals surface area contributed by atoms with Gasteiger partial charge in [-0.15, -0.1) is 11.6 Å². The average Bonchev–Trinajstić information content (AvgIpc) is 2.15. The maximum Gasteiger partial charge on any atom is 0.136 e. The Morgan fingerprint density at radius 1 is 1.00 bits per heavy atom. The summed E-state index contributed by atoms with van der Waals surface area (Å²) in [6.45, 7) is 21.6. The third-order valence-corrected chi connectivity index (χ3v) is 12.4. The first kappa shape index (κ1) is 17.5. The molecule has 0 atom stereocenters. The highest BCUT2D eigenvalue weighted by molar-refractivity contribution is 6.81. The topological polar surface area (TPSA) is 3.24 Å². The normalized spacial score (nSPS) is 14.5. The van der Waals surface area contributed by atoms with Gasteiger partial charge in [0.25, 0.3) is 0 Å². The van der Waals surface area contributed by atoms with Gasteiger partial charge in [0.15, 0.2) is 0 Å². The lowest BCUT2D eigenvalue weighted by Crippen LogP contribution is -2.63. The van der Waals surface area contributed by atoms with Crippen LogP contribution in [0.4, 0.5) is 0 Å². The minimum absolute atomic E-state index is 0.383. The largest absolute Gasteiger partial charge is 0.323 e. The molecule has 0 N–H and O–H groups in total. The van der Waals surface area contributed by atoms with E-state index in [2.05, 4.69) is 59.6 Å². The standard InChI is InChI=1S/C14H32ClNSi/c1-9-16(12-10-11-15)17(8,13(2,3)4)14(5,6)7/h9-12H2,1-8H3. The highest BCUT2D eigenvalue weighted by atomic mass is 35.5. The highest BCUT2D eigenvalue weighted by Gasteiger charge is 2.52. The van der Waals surface area contributed by atoms with Gasteiger partial charge in [-0.3, -0.25) is 0 Å². The molecule has 0 aliphatic carbocycles. The summed E-state index contributed by atoms with van der Waals surface area (Å²) in [5.41, 5.74) is 0. The highest BCUT2D eigenvalue weighted by Crippen LogP contribution is 2.52. The van der Waals surface area contributed by atoms with Crippen LogP contribution in [0.2, 0.25) is 16.6 Å². The summed E-state index contributed by atoms with van der Waals surface area (Å²) in [6.07, 6.45) is 1.10. The first-order valence-electron chi connectivity index (χ1n) is 6.83. The molecule has 0 fully saturated rings. The maximum absolute atomic E-state index is 5.87. The van der Waals surface area contributed by atoms with E-state index in [9.17, 15) is 0 Å². The summed E-state index contributed by atoms with van der Waals surface area (Å²) in [5, 5.41) is 0.765. The van der Waals surface area contributed by atoms with Crippen LogP contribution in [0.15, 0.2) is 0 Å². The lowest BCUT2D eigenvalue weighted by atomic mass is 10.2. The summed E-state index contributed by atoms with van der Waals surface area (Å²) in [5.74, 6) is 0.773. The van der Waals surface area contributed by atoms with E-state index in [1.54, 1.807) is 0 Å². The number of rotatable bonds is 5. The van der Waals surface area contributed by atoms with Gasteiger partial charge in [-0.25, -0.2) is 0 Å². The zero-order valence-corrected chi connectivity index (χ0v) is 14.9. The molecule has 0 spiro atoms. The van der Waals surface area contributed by atoms with Crippen LogP contribution in [0, 0.1) is 0 Å². The van der Waals surface area contributed by atoms with E-state index >= 15 is 0 Å². The lowest BCUT2D eigenvalue weighted by Gasteiger charge is -2.55. The van der Waals surface area contributed by atoms with Crippen molar-refractivity contribution < 1.29 is 0 Å². The van der Waals surface area contributed by atoms with E-state index in [-0.39, 0.29) is 0 Å². The maximum atomic E-state index is 5.87. The molecule has 0 rings (SSSR count). The molecule has 1 nitrogen and oxygen atoms in total. The molecular weight excluding hydrogens is 246 g/mol. The van der Waals surface area contributed by atoms with Gasteiger partial charge in [0, 0.05) is 5.88 Å². The molecule has 0 radical (unpaired) electrons. The number of halogens is 1. The molecule has 0 saturated carbocycles. The Hall–Kier alpha value is 0.467. The molecule has 0 amide bonds. The summed E-state index contributed by atoms with van der Waals surface area (Å²) >= 11 is 5.87. The second kappa shape index (κ2) is 6.07. The van der Waals surface area contributed by atoms with Crippen molar-refractivity contribution in [3.63, 3.8) is 0 Å². The van der Waals surface area contributed by atoms with Crippen LogP contribution >= 0.6 is 11.6 Å². The van der Waals surface area contributed by atoms with E-state index in [4.69, 9.17) is 11.6 Å². The van der Waals surface area contributed by atoms with Crippen LogP contribution < -0.4 is 0 Å². The van der Waals surface area contributed by atoms with Crippen molar-refractivity contribution in [2.45, 2.75) is 71.5 Å². The predicted molar refractivity (Wildman–Crippen MR) is 83.6 cm³/mol. The zero-order chi connectivity index (χ0) is 13.9. The summed E-state index contributed by atoms with van der Waals surface area (Å²) in [6, 6.07) is 0. The first-order chi connectivity index (χ1) is 7.52. The van der Waals surface area contributed by atoms with Gasteiger partial charge in [-0.05, 0) is 29.6 Å². The van der Waals surface area contributed by atoms with E-state index < -0.39 is 8.24 Å². The number of nitrogens with zero attached hydrogens (tertiary/aromatic N) is 1. The minimum atomic E-state index is -1.54. The van der Waals surface area contributed by atoms with Crippen molar-refractivity contribution in [2.24, 2.45) is 0 Å². The second-order valence-corrected chi connectivity index (χ2v) is 13.3. The molecular formula is C14H32ClNSi. The Morgan fingerprint density at radius 2 is 1.41 bits per heavy atom. The molecule has 0 heterocycles. The molecule has 0 aromatic rings. The Morgan fingerprint density at radius 3 is 1.65 bits per heavy atom. The summed E-state index contributed by atoms with van der Waals surface area (Å²) < 4.78 is 2.75. The van der Waals surface area contributed by atoms with E-state index in [0.29, 0.717) is 10.1 Å². The van der Waals surface area contributed by atoms with Crippen molar-refractivity contribution in [2.75, 3.05) is 19.0 Å². The molecule has 0 aliphatic heterocycles. The SMILES string of the molecule is CCN(CCCCl)[Si](C)(C(C)(C)C)C(C)(C)C. The lowest BCUT2D eigenvalue weighted by molar-refractivity contribution is 0.382. The average molecular weight is 278 g/mol. The molecule has 104 valence electrons. The Balaban J connectivity index is 5.30. The molecule has 0 aromatic heterocycles. The van der Waals surface area contributed by atoms with Gasteiger partial charge in [0.1, 0.15) is 8.24 Å². The van der Waals surface area contributed by atoms with Crippen LogP contribution in [-0.2, 0) is 0 Å². The van der Waals surface area contributed by atoms with E-state index in [0.717, 1.165) is 25.4 Å². The predicted octanol–water partition coefficient (Wildman–Crippen LogP) is 5.11. The number of alkyl halides is 1. The fourth-order valence-corrected chi connectivity index (χ4v) is 8.53. The first-order valence-corrected chi connectivity index (χ1v) is 9.81. The fraction of sp³-hybridized carbons (Fsp3) is 1.00. The Bertz CT molecular complexity index is 213. The summed E-state index contributed by atoms with van der Waals surface area (Å²) in [4.78, 5) is 0. The zero-order valence-electron chi connectivity index (χ0n) is 13.2. The van der Waals surface area contributed by atoms with Gasteiger partial charge < -0.3 is 4.57 Å². The van der Waals surface area contributed by atoms with Crippen molar-refractivity contribution in [3.8, 4) is 0 Å². The number of hydrogen-bond donors (Lipinski definition) is 0. The third kappa shape index (κ3) is 3.71. The van der Waals surface area contributed by atoms with Crippen LogP contribution in [0.1, 0.15) is 54.9 Å². The fourth-order valence-electron chi connectivity index (χ4n) is 3.02. The van der Waals surface area contributed by atoms with Gasteiger partial charge in [0.2, 0.25) is 0 Å². The quantitative estimate of drug-likeness (QED) is 0.498. The molecule has 17 heavy (non-hydrogen) atoms. The summed E-state index contributed by atoms with van der Waals surface area (Å²) in [7, 11) is -1.54. The monoisotopic (exact) mass is 277 g/mol. The van der Waals surface area contributed by atoms with Crippen molar-refractivity contribution in [3.05, 3.63) is 0 Å². The Kier molecular flexibility index (Phi) is 6.24. The molecule has 3 heteroatoms. The molecule has 0 saturated heterocycles. The van der Waals surface area contributed by atoms with Gasteiger partial charge in [-0.2, -0.15) is 0 Å². The van der Waals surface area contributed by atoms with Gasteiger partial charge in [0.05, 0.1) is 0 Å². The number of hydrogen-bond acceptors (Lipinski definition) is 1. The third-order valence-electron chi connectivity index (χ3n) is 4.50. The van der Waals surface area contributed by atoms with Crippen LogP contribution in [0.3, 0.4) is 0 Å². The van der Waals surface area contributed by atoms with Gasteiger partial charge in [-0.1, -0.05) is 55.0 Å². The van der Waals surface area contributed by atoms with Crippen molar-refractivity contribution in [1.82, 2.24) is 4.57 Å². The van der Waals surface area contributed by atoms with Crippen LogP contribution in [-0.4, -0.2) is 31.8 Å². The van der Waals surface area contributed by atoms with Gasteiger partial charge >= 0.3 is 0 Å². The van der Waals surface area contributed by atoms with Crippen molar-refractivity contribution in [1.29, 1.82) is 0 Å². The van der Waals surface area contributed by atoms with Crippen LogP contribution in [0.25, 0.3) is 0 Å². The molecule has 0 aliphatic rings. The minimum Gasteiger partial charge on any atom is -0.323 e. The second-order valence-electron chi connectivity index (χ2n) is 7.19. The smallest absolute Gasteiger partial charge is 0.136 e. The van der Waals surface area contributed by atoms with Crippen molar-refractivity contribution >= 4 is 19.8 Å². The molecule has 0 aromatic carbocycles. The van der Waals surface area contributed by atoms with E-state index in [1.807, 2.05) is 0 Å². The Labute approximate surface area is 115 Å². The molecule has 0 unspecified atom stereocenters. The molecule has 0 bridgehead atoms. The van der Waals surface area contributed by atoms with E-state index in [1.165, 1.54) is 0 Å². The van der Waals surface area contributed by atoms with Crippen LogP contribution in [0.5, 0.6) is 0 Å².